The minimum absolute atomic E-state index is 0.287. The van der Waals surface area contributed by atoms with Crippen molar-refractivity contribution in [3.8, 4) is 11.8 Å². The van der Waals surface area contributed by atoms with Gasteiger partial charge >= 0.3 is 0 Å². The quantitative estimate of drug-likeness (QED) is 0.926. The molecule has 21 heavy (non-hydrogen) atoms. The van der Waals surface area contributed by atoms with Gasteiger partial charge in [-0.25, -0.2) is 0 Å². The van der Waals surface area contributed by atoms with E-state index in [2.05, 4.69) is 5.32 Å². The SMILES string of the molecule is N#Cc1ccc(Cl)cc1NC(=O)C1Cc2ccccc2O1. The van der Waals surface area contributed by atoms with Crippen molar-refractivity contribution in [1.29, 1.82) is 5.26 Å². The summed E-state index contributed by atoms with van der Waals surface area (Å²) in [5, 5.41) is 12.2. The molecule has 3 rings (SSSR count). The van der Waals surface area contributed by atoms with Gasteiger partial charge in [0.2, 0.25) is 0 Å². The molecule has 0 fully saturated rings. The Labute approximate surface area is 126 Å². The molecule has 0 spiro atoms. The molecule has 1 unspecified atom stereocenters. The van der Waals surface area contributed by atoms with Gasteiger partial charge < -0.3 is 10.1 Å². The first-order chi connectivity index (χ1) is 10.2. The molecule has 5 heteroatoms. The van der Waals surface area contributed by atoms with E-state index in [-0.39, 0.29) is 5.91 Å². The molecule has 1 atom stereocenters. The van der Waals surface area contributed by atoms with Gasteiger partial charge in [-0.2, -0.15) is 5.26 Å². The number of benzene rings is 2. The number of para-hydroxylation sites is 1. The van der Waals surface area contributed by atoms with E-state index in [9.17, 15) is 4.79 Å². The fourth-order valence-electron chi connectivity index (χ4n) is 2.26. The molecule has 0 radical (unpaired) electrons. The molecule has 0 saturated carbocycles. The fourth-order valence-corrected chi connectivity index (χ4v) is 2.43. The van der Waals surface area contributed by atoms with E-state index < -0.39 is 6.10 Å². The van der Waals surface area contributed by atoms with Crippen LogP contribution in [0.5, 0.6) is 5.75 Å². The Hall–Kier alpha value is -2.51. The zero-order valence-corrected chi connectivity index (χ0v) is 11.7. The Bertz CT molecular complexity index is 727. The summed E-state index contributed by atoms with van der Waals surface area (Å²) >= 11 is 5.90. The van der Waals surface area contributed by atoms with Crippen LogP contribution in [0.15, 0.2) is 42.5 Å². The molecular weight excluding hydrogens is 288 g/mol. The second-order valence-corrected chi connectivity index (χ2v) is 5.15. The van der Waals surface area contributed by atoms with E-state index in [0.29, 0.717) is 22.7 Å². The molecule has 1 amide bonds. The number of nitriles is 1. The van der Waals surface area contributed by atoms with E-state index in [0.717, 1.165) is 11.3 Å². The highest BCUT2D eigenvalue weighted by atomic mass is 35.5. The molecule has 0 aromatic heterocycles. The van der Waals surface area contributed by atoms with Gasteiger partial charge in [0.25, 0.3) is 5.91 Å². The van der Waals surface area contributed by atoms with Crippen LogP contribution in [0.1, 0.15) is 11.1 Å². The molecule has 104 valence electrons. The Kier molecular flexibility index (Phi) is 3.51. The zero-order chi connectivity index (χ0) is 14.8. The summed E-state index contributed by atoms with van der Waals surface area (Å²) in [4.78, 5) is 12.3. The number of rotatable bonds is 2. The lowest BCUT2D eigenvalue weighted by atomic mass is 10.1. The number of hydrogen-bond acceptors (Lipinski definition) is 3. The minimum Gasteiger partial charge on any atom is -0.480 e. The highest BCUT2D eigenvalue weighted by Gasteiger charge is 2.29. The number of halogens is 1. The van der Waals surface area contributed by atoms with Crippen molar-refractivity contribution in [3.63, 3.8) is 0 Å². The van der Waals surface area contributed by atoms with E-state index in [4.69, 9.17) is 21.6 Å². The summed E-state index contributed by atoms with van der Waals surface area (Å²) in [6.07, 6.45) is -0.0716. The first-order valence-electron chi connectivity index (χ1n) is 6.42. The number of amides is 1. The van der Waals surface area contributed by atoms with Crippen LogP contribution in [0.3, 0.4) is 0 Å². The van der Waals surface area contributed by atoms with Crippen molar-refractivity contribution in [2.45, 2.75) is 12.5 Å². The molecular formula is C16H11ClN2O2. The maximum Gasteiger partial charge on any atom is 0.265 e. The van der Waals surface area contributed by atoms with Crippen LogP contribution >= 0.6 is 11.6 Å². The number of anilines is 1. The maximum absolute atomic E-state index is 12.3. The monoisotopic (exact) mass is 298 g/mol. The van der Waals surface area contributed by atoms with Gasteiger partial charge in [-0.05, 0) is 29.8 Å². The van der Waals surface area contributed by atoms with Crippen molar-refractivity contribution in [3.05, 3.63) is 58.6 Å². The second kappa shape index (κ2) is 5.47. The number of nitrogens with one attached hydrogen (secondary N) is 1. The standard InChI is InChI=1S/C16H11ClN2O2/c17-12-6-5-11(9-18)13(8-12)19-16(20)15-7-10-3-1-2-4-14(10)21-15/h1-6,8,15H,7H2,(H,19,20). The Balaban J connectivity index is 1.77. The highest BCUT2D eigenvalue weighted by molar-refractivity contribution is 6.31. The molecule has 2 aromatic carbocycles. The van der Waals surface area contributed by atoms with E-state index in [1.54, 1.807) is 18.2 Å². The number of nitrogens with zero attached hydrogens (tertiary/aromatic N) is 1. The molecule has 0 bridgehead atoms. The van der Waals surface area contributed by atoms with Crippen molar-refractivity contribution < 1.29 is 9.53 Å². The Morgan fingerprint density at radius 3 is 2.90 bits per heavy atom. The summed E-state index contributed by atoms with van der Waals surface area (Å²) in [7, 11) is 0. The Morgan fingerprint density at radius 1 is 1.33 bits per heavy atom. The van der Waals surface area contributed by atoms with Gasteiger partial charge in [0.1, 0.15) is 11.8 Å². The molecule has 1 heterocycles. The highest BCUT2D eigenvalue weighted by Crippen LogP contribution is 2.29. The molecule has 2 aromatic rings. The van der Waals surface area contributed by atoms with Gasteiger partial charge in [0.15, 0.2) is 6.10 Å². The van der Waals surface area contributed by atoms with Gasteiger partial charge in [0.05, 0.1) is 11.3 Å². The number of carbonyl (C=O) groups is 1. The lowest BCUT2D eigenvalue weighted by Crippen LogP contribution is -2.31. The van der Waals surface area contributed by atoms with Crippen molar-refractivity contribution in [2.75, 3.05) is 5.32 Å². The van der Waals surface area contributed by atoms with Gasteiger partial charge in [-0.3, -0.25) is 4.79 Å². The fraction of sp³-hybridized carbons (Fsp3) is 0.125. The molecule has 0 saturated heterocycles. The summed E-state index contributed by atoms with van der Waals surface area (Å²) in [6.45, 7) is 0. The van der Waals surface area contributed by atoms with E-state index in [1.165, 1.54) is 0 Å². The summed E-state index contributed by atoms with van der Waals surface area (Å²) in [6, 6.07) is 14.3. The number of fused-ring (bicyclic) bond motifs is 1. The predicted octanol–water partition coefficient (Wildman–Crippen LogP) is 3.15. The van der Waals surface area contributed by atoms with Crippen LogP contribution in [0, 0.1) is 11.3 Å². The van der Waals surface area contributed by atoms with Gasteiger partial charge in [-0.1, -0.05) is 29.8 Å². The summed E-state index contributed by atoms with van der Waals surface area (Å²) in [5.41, 5.74) is 1.77. The number of ether oxygens (including phenoxy) is 1. The molecule has 1 N–H and O–H groups in total. The topological polar surface area (TPSA) is 62.1 Å². The van der Waals surface area contributed by atoms with Crippen LogP contribution < -0.4 is 10.1 Å². The minimum atomic E-state index is -0.590. The molecule has 0 aliphatic carbocycles. The first kappa shape index (κ1) is 13.5. The summed E-state index contributed by atoms with van der Waals surface area (Å²) in [5.74, 6) is 0.439. The third kappa shape index (κ3) is 2.69. The maximum atomic E-state index is 12.3. The lowest BCUT2D eigenvalue weighted by Gasteiger charge is -2.12. The van der Waals surface area contributed by atoms with E-state index >= 15 is 0 Å². The van der Waals surface area contributed by atoms with Crippen LogP contribution in [0.4, 0.5) is 5.69 Å². The molecule has 1 aliphatic rings. The predicted molar refractivity (Wildman–Crippen MR) is 79.4 cm³/mol. The average molecular weight is 299 g/mol. The zero-order valence-electron chi connectivity index (χ0n) is 11.0. The number of carbonyl (C=O) groups excluding carboxylic acids is 1. The van der Waals surface area contributed by atoms with Gasteiger partial charge in [0, 0.05) is 11.4 Å². The Morgan fingerprint density at radius 2 is 2.14 bits per heavy atom. The largest absolute Gasteiger partial charge is 0.480 e. The van der Waals surface area contributed by atoms with Crippen molar-refractivity contribution in [1.82, 2.24) is 0 Å². The smallest absolute Gasteiger partial charge is 0.265 e. The molecule has 1 aliphatic heterocycles. The third-order valence-electron chi connectivity index (χ3n) is 3.30. The van der Waals surface area contributed by atoms with Crippen molar-refractivity contribution >= 4 is 23.2 Å². The lowest BCUT2D eigenvalue weighted by molar-refractivity contribution is -0.122. The van der Waals surface area contributed by atoms with Crippen LogP contribution in [-0.2, 0) is 11.2 Å². The van der Waals surface area contributed by atoms with Crippen molar-refractivity contribution in [2.24, 2.45) is 0 Å². The van der Waals surface area contributed by atoms with Crippen LogP contribution in [0.25, 0.3) is 0 Å². The van der Waals surface area contributed by atoms with Crippen LogP contribution in [-0.4, -0.2) is 12.0 Å². The average Bonchev–Trinajstić information content (AvgIpc) is 2.91. The van der Waals surface area contributed by atoms with E-state index in [1.807, 2.05) is 30.3 Å². The molecule has 4 nitrogen and oxygen atoms in total. The normalized spacial score (nSPS) is 15.7. The third-order valence-corrected chi connectivity index (χ3v) is 3.53. The second-order valence-electron chi connectivity index (χ2n) is 4.71. The van der Waals surface area contributed by atoms with Gasteiger partial charge in [-0.15, -0.1) is 0 Å². The van der Waals surface area contributed by atoms with Crippen LogP contribution in [0.2, 0.25) is 5.02 Å². The first-order valence-corrected chi connectivity index (χ1v) is 6.80. The summed E-state index contributed by atoms with van der Waals surface area (Å²) < 4.78 is 5.62. The number of hydrogen-bond donors (Lipinski definition) is 1.